The Morgan fingerprint density at radius 1 is 1.37 bits per heavy atom. The average Bonchev–Trinajstić information content (AvgIpc) is 2.88. The summed E-state index contributed by atoms with van der Waals surface area (Å²) < 4.78 is 3.23. The van der Waals surface area contributed by atoms with Gasteiger partial charge in [0.25, 0.3) is 0 Å². The van der Waals surface area contributed by atoms with Gasteiger partial charge in [-0.3, -0.25) is 0 Å². The van der Waals surface area contributed by atoms with Crippen molar-refractivity contribution in [3.8, 4) is 10.4 Å². The standard InChI is InChI=1S/C13H12BrN2OS.BrH/c1-9(17)16-7-6-15-8-12(18-13(15)16)10-2-4-11(14)5-3-10;/h2-5,8H,6-7H2,1H3;1H/q+1;/p-1. The molecule has 1 aliphatic rings. The van der Waals surface area contributed by atoms with Crippen molar-refractivity contribution in [2.45, 2.75) is 13.5 Å². The molecule has 0 atom stereocenters. The monoisotopic (exact) mass is 402 g/mol. The van der Waals surface area contributed by atoms with E-state index in [1.54, 1.807) is 18.3 Å². The second-order valence-electron chi connectivity index (χ2n) is 4.25. The predicted octanol–water partition coefficient (Wildman–Crippen LogP) is -0.164. The maximum Gasteiger partial charge on any atom is 0.344 e. The van der Waals surface area contributed by atoms with Gasteiger partial charge in [-0.25, -0.2) is 9.36 Å². The third kappa shape index (κ3) is 2.75. The number of carbonyl (C=O) groups excluding carboxylic acids is 1. The molecule has 1 aromatic heterocycles. The van der Waals surface area contributed by atoms with E-state index in [1.165, 1.54) is 10.4 Å². The molecule has 1 amide bonds. The lowest BCUT2D eigenvalue weighted by atomic mass is 10.2. The highest BCUT2D eigenvalue weighted by Crippen LogP contribution is 2.32. The van der Waals surface area contributed by atoms with Gasteiger partial charge >= 0.3 is 11.0 Å². The first-order valence-electron chi connectivity index (χ1n) is 5.72. The summed E-state index contributed by atoms with van der Waals surface area (Å²) in [5, 5.41) is 1.04. The molecule has 19 heavy (non-hydrogen) atoms. The van der Waals surface area contributed by atoms with E-state index < -0.39 is 0 Å². The molecule has 0 bridgehead atoms. The van der Waals surface area contributed by atoms with Crippen molar-refractivity contribution in [1.29, 1.82) is 0 Å². The minimum absolute atomic E-state index is 0. The lowest BCUT2D eigenvalue weighted by Gasteiger charge is -2.01. The molecule has 0 unspecified atom stereocenters. The zero-order chi connectivity index (χ0) is 12.7. The molecule has 0 aliphatic carbocycles. The molecule has 3 nitrogen and oxygen atoms in total. The largest absolute Gasteiger partial charge is 1.00 e. The van der Waals surface area contributed by atoms with Crippen molar-refractivity contribution in [3.05, 3.63) is 34.9 Å². The number of carbonyl (C=O) groups is 1. The number of benzene rings is 1. The van der Waals surface area contributed by atoms with Crippen LogP contribution in [0.25, 0.3) is 10.4 Å². The summed E-state index contributed by atoms with van der Waals surface area (Å²) in [4.78, 5) is 14.6. The van der Waals surface area contributed by atoms with E-state index in [2.05, 4.69) is 38.8 Å². The van der Waals surface area contributed by atoms with Crippen LogP contribution in [-0.2, 0) is 11.3 Å². The number of anilines is 1. The van der Waals surface area contributed by atoms with Crippen molar-refractivity contribution in [3.63, 3.8) is 0 Å². The molecule has 6 heteroatoms. The lowest BCUT2D eigenvalue weighted by molar-refractivity contribution is -0.666. The fourth-order valence-corrected chi connectivity index (χ4v) is 3.58. The number of aromatic nitrogens is 1. The normalized spacial score (nSPS) is 13.1. The van der Waals surface area contributed by atoms with Crippen LogP contribution in [0, 0.1) is 0 Å². The van der Waals surface area contributed by atoms with Crippen molar-refractivity contribution >= 4 is 38.3 Å². The molecule has 1 aliphatic heterocycles. The number of hydrogen-bond donors (Lipinski definition) is 0. The van der Waals surface area contributed by atoms with Crippen LogP contribution < -0.4 is 26.4 Å². The molecule has 0 radical (unpaired) electrons. The third-order valence-electron chi connectivity index (χ3n) is 3.02. The average molecular weight is 404 g/mol. The van der Waals surface area contributed by atoms with E-state index in [0.29, 0.717) is 0 Å². The van der Waals surface area contributed by atoms with Gasteiger partial charge in [-0.2, -0.15) is 4.90 Å². The Morgan fingerprint density at radius 3 is 2.68 bits per heavy atom. The predicted molar refractivity (Wildman–Crippen MR) is 75.7 cm³/mol. The molecular weight excluding hydrogens is 392 g/mol. The van der Waals surface area contributed by atoms with Crippen LogP contribution in [0.2, 0.25) is 0 Å². The van der Waals surface area contributed by atoms with Crippen molar-refractivity contribution < 1.29 is 26.3 Å². The maximum absolute atomic E-state index is 11.5. The van der Waals surface area contributed by atoms with E-state index >= 15 is 0 Å². The minimum atomic E-state index is 0. The SMILES string of the molecule is CC(=O)N1CC[n+]2cc(-c3ccc(Br)cc3)sc21.[Br-]. The topological polar surface area (TPSA) is 24.2 Å². The van der Waals surface area contributed by atoms with Crippen LogP contribution >= 0.6 is 27.3 Å². The Morgan fingerprint density at radius 2 is 2.05 bits per heavy atom. The van der Waals surface area contributed by atoms with Gasteiger partial charge < -0.3 is 17.0 Å². The zero-order valence-electron chi connectivity index (χ0n) is 10.3. The Kier molecular flexibility index (Phi) is 4.43. The summed E-state index contributed by atoms with van der Waals surface area (Å²) in [6.45, 7) is 3.30. The highest BCUT2D eigenvalue weighted by Gasteiger charge is 2.34. The highest BCUT2D eigenvalue weighted by atomic mass is 79.9. The fourth-order valence-electron chi connectivity index (χ4n) is 2.09. The molecule has 1 aromatic carbocycles. The quantitative estimate of drug-likeness (QED) is 0.607. The number of amides is 1. The van der Waals surface area contributed by atoms with Crippen molar-refractivity contribution in [1.82, 2.24) is 0 Å². The number of fused-ring (bicyclic) bond motifs is 1. The second kappa shape index (κ2) is 5.73. The third-order valence-corrected chi connectivity index (χ3v) is 4.75. The molecule has 0 saturated heterocycles. The van der Waals surface area contributed by atoms with E-state index in [0.717, 1.165) is 22.7 Å². The number of nitrogens with zero attached hydrogens (tertiary/aromatic N) is 2. The van der Waals surface area contributed by atoms with Gasteiger partial charge in [-0.15, -0.1) is 0 Å². The Labute approximate surface area is 134 Å². The van der Waals surface area contributed by atoms with Crippen LogP contribution in [0.1, 0.15) is 6.92 Å². The number of hydrogen-bond acceptors (Lipinski definition) is 2. The Hall–Kier alpha value is -0.720. The summed E-state index contributed by atoms with van der Waals surface area (Å²) >= 11 is 5.11. The molecular formula is C13H12Br2N2OS. The molecule has 0 N–H and O–H groups in total. The van der Waals surface area contributed by atoms with Gasteiger partial charge in [-0.1, -0.05) is 28.1 Å². The van der Waals surface area contributed by atoms with Crippen LogP contribution in [0.5, 0.6) is 0 Å². The van der Waals surface area contributed by atoms with Gasteiger partial charge in [0, 0.05) is 11.4 Å². The van der Waals surface area contributed by atoms with Crippen molar-refractivity contribution in [2.24, 2.45) is 0 Å². The summed E-state index contributed by atoms with van der Waals surface area (Å²) in [6, 6.07) is 8.24. The maximum atomic E-state index is 11.5. The Balaban J connectivity index is 0.00000133. The molecule has 0 fully saturated rings. The minimum Gasteiger partial charge on any atom is -1.00 e. The molecule has 2 aromatic rings. The van der Waals surface area contributed by atoms with Crippen molar-refractivity contribution in [2.75, 3.05) is 11.4 Å². The summed E-state index contributed by atoms with van der Waals surface area (Å²) in [5.74, 6) is 0.116. The van der Waals surface area contributed by atoms with Crippen LogP contribution in [0.15, 0.2) is 34.9 Å². The molecule has 0 saturated carbocycles. The number of halogens is 2. The summed E-state index contributed by atoms with van der Waals surface area (Å²) in [5.41, 5.74) is 1.19. The fraction of sp³-hybridized carbons (Fsp3) is 0.231. The van der Waals surface area contributed by atoms with E-state index in [-0.39, 0.29) is 22.9 Å². The highest BCUT2D eigenvalue weighted by molar-refractivity contribution is 9.10. The first-order chi connectivity index (χ1) is 8.65. The smallest absolute Gasteiger partial charge is 0.344 e. The van der Waals surface area contributed by atoms with E-state index in [4.69, 9.17) is 0 Å². The first-order valence-corrected chi connectivity index (χ1v) is 7.33. The van der Waals surface area contributed by atoms with Crippen LogP contribution in [-0.4, -0.2) is 12.5 Å². The molecule has 2 heterocycles. The van der Waals surface area contributed by atoms with Gasteiger partial charge in [0.15, 0.2) is 0 Å². The van der Waals surface area contributed by atoms with Gasteiger partial charge in [0.1, 0.15) is 19.3 Å². The Bertz CT molecular complexity index is 610. The van der Waals surface area contributed by atoms with Crippen LogP contribution in [0.4, 0.5) is 5.13 Å². The second-order valence-corrected chi connectivity index (χ2v) is 6.17. The van der Waals surface area contributed by atoms with E-state index in [1.807, 2.05) is 17.0 Å². The van der Waals surface area contributed by atoms with E-state index in [9.17, 15) is 4.79 Å². The summed E-state index contributed by atoms with van der Waals surface area (Å²) in [7, 11) is 0. The molecule has 3 rings (SSSR count). The zero-order valence-corrected chi connectivity index (χ0v) is 14.3. The first kappa shape index (κ1) is 14.7. The lowest BCUT2D eigenvalue weighted by Crippen LogP contribution is -3.00. The summed E-state index contributed by atoms with van der Waals surface area (Å²) in [6.07, 6.45) is 2.13. The number of rotatable bonds is 1. The van der Waals surface area contributed by atoms with Gasteiger partial charge in [-0.05, 0) is 29.0 Å². The van der Waals surface area contributed by atoms with Crippen LogP contribution in [0.3, 0.4) is 0 Å². The molecule has 0 spiro atoms. The number of thiazole rings is 1. The van der Waals surface area contributed by atoms with Gasteiger partial charge in [0.2, 0.25) is 0 Å². The molecule has 100 valence electrons. The van der Waals surface area contributed by atoms with Gasteiger partial charge in [0.05, 0.1) is 4.88 Å².